The van der Waals surface area contributed by atoms with Crippen LogP contribution in [0.25, 0.3) is 11.0 Å². The molecule has 0 saturated carbocycles. The standard InChI is InChI=1S/C17H20N2O5/c1-22-12-2-3-13-14(11-16(20)24-15(13)10-12)17(21)18-4-5-19-6-8-23-9-7-19/h2-3,10-11H,4-9H2,1H3,(H,18,21). The Morgan fingerprint density at radius 1 is 1.29 bits per heavy atom. The number of nitrogens with one attached hydrogen (secondary N) is 1. The van der Waals surface area contributed by atoms with E-state index in [2.05, 4.69) is 10.2 Å². The monoisotopic (exact) mass is 332 g/mol. The summed E-state index contributed by atoms with van der Waals surface area (Å²) in [6.07, 6.45) is 0. The fraction of sp³-hybridized carbons (Fsp3) is 0.412. The van der Waals surface area contributed by atoms with Crippen LogP contribution in [0.15, 0.2) is 33.5 Å². The Kier molecular flexibility index (Phi) is 5.12. The van der Waals surface area contributed by atoms with Crippen molar-refractivity contribution >= 4 is 16.9 Å². The first-order chi connectivity index (χ1) is 11.7. The van der Waals surface area contributed by atoms with Gasteiger partial charge in [-0.3, -0.25) is 9.69 Å². The van der Waals surface area contributed by atoms with E-state index in [1.807, 2.05) is 0 Å². The van der Waals surface area contributed by atoms with E-state index in [1.54, 1.807) is 18.2 Å². The van der Waals surface area contributed by atoms with E-state index in [0.29, 0.717) is 28.8 Å². The minimum Gasteiger partial charge on any atom is -0.497 e. The molecule has 1 saturated heterocycles. The number of hydrogen-bond acceptors (Lipinski definition) is 6. The molecular formula is C17H20N2O5. The summed E-state index contributed by atoms with van der Waals surface area (Å²) < 4.78 is 15.6. The van der Waals surface area contributed by atoms with Gasteiger partial charge in [0.2, 0.25) is 0 Å². The summed E-state index contributed by atoms with van der Waals surface area (Å²) in [6, 6.07) is 6.26. The normalized spacial score (nSPS) is 15.4. The maximum Gasteiger partial charge on any atom is 0.337 e. The van der Waals surface area contributed by atoms with Crippen molar-refractivity contribution in [2.24, 2.45) is 0 Å². The molecule has 1 N–H and O–H groups in total. The number of benzene rings is 1. The minimum atomic E-state index is -0.561. The highest BCUT2D eigenvalue weighted by Crippen LogP contribution is 2.22. The predicted octanol–water partition coefficient (Wildman–Crippen LogP) is 0.864. The van der Waals surface area contributed by atoms with Gasteiger partial charge in [-0.05, 0) is 12.1 Å². The molecule has 2 aromatic rings. The number of amides is 1. The van der Waals surface area contributed by atoms with Crippen LogP contribution < -0.4 is 15.7 Å². The third-order valence-corrected chi connectivity index (χ3v) is 4.01. The molecule has 1 aliphatic rings. The molecule has 2 heterocycles. The van der Waals surface area contributed by atoms with Gasteiger partial charge in [0.25, 0.3) is 5.91 Å². The van der Waals surface area contributed by atoms with Gasteiger partial charge in [-0.1, -0.05) is 0 Å². The van der Waals surface area contributed by atoms with Crippen molar-refractivity contribution in [3.63, 3.8) is 0 Å². The van der Waals surface area contributed by atoms with Crippen molar-refractivity contribution in [3.05, 3.63) is 40.2 Å². The van der Waals surface area contributed by atoms with E-state index in [4.69, 9.17) is 13.9 Å². The highest BCUT2D eigenvalue weighted by molar-refractivity contribution is 6.05. The molecule has 7 nitrogen and oxygen atoms in total. The first-order valence-corrected chi connectivity index (χ1v) is 7.87. The van der Waals surface area contributed by atoms with E-state index < -0.39 is 5.63 Å². The second kappa shape index (κ2) is 7.46. The second-order valence-electron chi connectivity index (χ2n) is 5.55. The summed E-state index contributed by atoms with van der Waals surface area (Å²) in [6.45, 7) is 4.44. The lowest BCUT2D eigenvalue weighted by Crippen LogP contribution is -2.41. The fourth-order valence-electron chi connectivity index (χ4n) is 2.71. The number of carbonyl (C=O) groups excluding carboxylic acids is 1. The molecule has 1 aliphatic heterocycles. The highest BCUT2D eigenvalue weighted by Gasteiger charge is 2.15. The number of carbonyl (C=O) groups is 1. The highest BCUT2D eigenvalue weighted by atomic mass is 16.5. The average molecular weight is 332 g/mol. The Hall–Kier alpha value is -2.38. The lowest BCUT2D eigenvalue weighted by atomic mass is 10.1. The van der Waals surface area contributed by atoms with Crippen molar-refractivity contribution in [2.75, 3.05) is 46.5 Å². The molecule has 0 unspecified atom stereocenters. The molecule has 3 rings (SSSR count). The first-order valence-electron chi connectivity index (χ1n) is 7.87. The quantitative estimate of drug-likeness (QED) is 0.818. The molecule has 0 atom stereocenters. The van der Waals surface area contributed by atoms with Crippen LogP contribution in [0.5, 0.6) is 5.75 Å². The van der Waals surface area contributed by atoms with Gasteiger partial charge in [-0.25, -0.2) is 4.79 Å². The number of methoxy groups -OCH3 is 1. The maximum atomic E-state index is 12.4. The third kappa shape index (κ3) is 3.74. The minimum absolute atomic E-state index is 0.286. The van der Waals surface area contributed by atoms with Crippen molar-refractivity contribution in [3.8, 4) is 5.75 Å². The molecule has 24 heavy (non-hydrogen) atoms. The number of fused-ring (bicyclic) bond motifs is 1. The fourth-order valence-corrected chi connectivity index (χ4v) is 2.71. The second-order valence-corrected chi connectivity index (χ2v) is 5.55. The largest absolute Gasteiger partial charge is 0.497 e. The summed E-state index contributed by atoms with van der Waals surface area (Å²) in [5, 5.41) is 3.44. The van der Waals surface area contributed by atoms with Gasteiger partial charge in [0.1, 0.15) is 11.3 Å². The van der Waals surface area contributed by atoms with Gasteiger partial charge < -0.3 is 19.2 Å². The summed E-state index contributed by atoms with van der Waals surface area (Å²) in [4.78, 5) is 26.4. The summed E-state index contributed by atoms with van der Waals surface area (Å²) in [5.41, 5.74) is 0.0835. The molecule has 0 spiro atoms. The number of nitrogens with zero attached hydrogens (tertiary/aromatic N) is 1. The van der Waals surface area contributed by atoms with E-state index in [-0.39, 0.29) is 5.91 Å². The van der Waals surface area contributed by atoms with E-state index in [1.165, 1.54) is 13.2 Å². The average Bonchev–Trinajstić information content (AvgIpc) is 2.61. The molecule has 1 aromatic carbocycles. The van der Waals surface area contributed by atoms with Gasteiger partial charge in [0.15, 0.2) is 0 Å². The Bertz CT molecular complexity index is 780. The van der Waals surface area contributed by atoms with Gasteiger partial charge >= 0.3 is 5.63 Å². The van der Waals surface area contributed by atoms with E-state index in [9.17, 15) is 9.59 Å². The van der Waals surface area contributed by atoms with Gasteiger partial charge in [0.05, 0.1) is 25.9 Å². The molecular weight excluding hydrogens is 312 g/mol. The lowest BCUT2D eigenvalue weighted by Gasteiger charge is -2.26. The molecule has 1 fully saturated rings. The van der Waals surface area contributed by atoms with Crippen LogP contribution in [-0.4, -0.2) is 57.3 Å². The Morgan fingerprint density at radius 3 is 2.83 bits per heavy atom. The predicted molar refractivity (Wildman–Crippen MR) is 88.6 cm³/mol. The molecule has 1 amide bonds. The SMILES string of the molecule is COc1ccc2c(C(=O)NCCN3CCOCC3)cc(=O)oc2c1. The van der Waals surface area contributed by atoms with Crippen molar-refractivity contribution in [1.82, 2.24) is 10.2 Å². The van der Waals surface area contributed by atoms with E-state index in [0.717, 1.165) is 32.8 Å². The molecule has 0 bridgehead atoms. The van der Waals surface area contributed by atoms with Gasteiger partial charge in [-0.2, -0.15) is 0 Å². The Balaban J connectivity index is 1.72. The van der Waals surface area contributed by atoms with Crippen LogP contribution in [0.1, 0.15) is 10.4 Å². The van der Waals surface area contributed by atoms with Crippen molar-refractivity contribution in [1.29, 1.82) is 0 Å². The van der Waals surface area contributed by atoms with Gasteiger partial charge in [0, 0.05) is 43.7 Å². The Labute approximate surface area is 139 Å². The molecule has 0 radical (unpaired) electrons. The molecule has 128 valence electrons. The number of ether oxygens (including phenoxy) is 2. The van der Waals surface area contributed by atoms with Crippen molar-refractivity contribution in [2.45, 2.75) is 0 Å². The summed E-state index contributed by atoms with van der Waals surface area (Å²) >= 11 is 0. The van der Waals surface area contributed by atoms with Crippen LogP contribution in [0, 0.1) is 0 Å². The van der Waals surface area contributed by atoms with Crippen molar-refractivity contribution < 1.29 is 18.7 Å². The summed E-state index contributed by atoms with van der Waals surface area (Å²) in [7, 11) is 1.53. The zero-order valence-electron chi connectivity index (χ0n) is 13.5. The molecule has 1 aromatic heterocycles. The van der Waals surface area contributed by atoms with Crippen LogP contribution in [0.4, 0.5) is 0 Å². The van der Waals surface area contributed by atoms with Crippen LogP contribution in [0.3, 0.4) is 0 Å². The van der Waals surface area contributed by atoms with Crippen LogP contribution in [-0.2, 0) is 4.74 Å². The molecule has 7 heteroatoms. The topological polar surface area (TPSA) is 81.0 Å². The third-order valence-electron chi connectivity index (χ3n) is 4.01. The number of rotatable bonds is 5. The number of morpholine rings is 1. The first kappa shape index (κ1) is 16.5. The van der Waals surface area contributed by atoms with E-state index >= 15 is 0 Å². The zero-order valence-corrected chi connectivity index (χ0v) is 13.5. The smallest absolute Gasteiger partial charge is 0.337 e. The lowest BCUT2D eigenvalue weighted by molar-refractivity contribution is 0.0383. The zero-order chi connectivity index (χ0) is 16.9. The molecule has 0 aliphatic carbocycles. The summed E-state index contributed by atoms with van der Waals surface area (Å²) in [5.74, 6) is 0.279. The number of hydrogen-bond donors (Lipinski definition) is 1. The van der Waals surface area contributed by atoms with Gasteiger partial charge in [-0.15, -0.1) is 0 Å². The van der Waals surface area contributed by atoms with Crippen LogP contribution >= 0.6 is 0 Å². The maximum absolute atomic E-state index is 12.4. The Morgan fingerprint density at radius 2 is 2.08 bits per heavy atom. The van der Waals surface area contributed by atoms with Crippen LogP contribution in [0.2, 0.25) is 0 Å².